The molecule has 1 N–H and O–H groups in total. The molecule has 3 nitrogen and oxygen atoms in total. The van der Waals surface area contributed by atoms with E-state index in [1.165, 1.54) is 6.26 Å². The van der Waals surface area contributed by atoms with Crippen LogP contribution in [0.1, 0.15) is 42.8 Å². The highest BCUT2D eigenvalue weighted by Crippen LogP contribution is 2.27. The Bertz CT molecular complexity index is 361. The molecule has 1 heterocycles. The van der Waals surface area contributed by atoms with Crippen molar-refractivity contribution >= 4 is 21.8 Å². The van der Waals surface area contributed by atoms with Crippen molar-refractivity contribution in [2.75, 3.05) is 11.9 Å². The second-order valence-electron chi connectivity index (χ2n) is 4.47. The van der Waals surface area contributed by atoms with E-state index in [2.05, 4.69) is 35.1 Å². The fourth-order valence-electron chi connectivity index (χ4n) is 1.67. The summed E-state index contributed by atoms with van der Waals surface area (Å²) in [5.74, 6) is 0.696. The maximum Gasteiger partial charge on any atom is 0.254 e. The molecule has 0 atom stereocenters. The zero-order valence-electron chi connectivity index (χ0n) is 10.7. The van der Waals surface area contributed by atoms with Gasteiger partial charge in [-0.15, -0.1) is 0 Å². The van der Waals surface area contributed by atoms with Gasteiger partial charge in [-0.3, -0.25) is 4.79 Å². The van der Waals surface area contributed by atoms with Gasteiger partial charge in [-0.05, 0) is 31.2 Å². The highest BCUT2D eigenvalue weighted by Gasteiger charge is 2.25. The second-order valence-corrected chi connectivity index (χ2v) is 5.03. The van der Waals surface area contributed by atoms with Crippen molar-refractivity contribution in [1.82, 2.24) is 5.32 Å². The van der Waals surface area contributed by atoms with E-state index < -0.39 is 0 Å². The van der Waals surface area contributed by atoms with Crippen LogP contribution in [0.15, 0.2) is 16.7 Å². The van der Waals surface area contributed by atoms with E-state index in [-0.39, 0.29) is 11.3 Å². The average Bonchev–Trinajstić information content (AvgIpc) is 2.78. The van der Waals surface area contributed by atoms with Crippen molar-refractivity contribution in [3.8, 4) is 0 Å². The van der Waals surface area contributed by atoms with E-state index >= 15 is 0 Å². The third-order valence-electron chi connectivity index (χ3n) is 3.40. The van der Waals surface area contributed by atoms with Gasteiger partial charge in [-0.25, -0.2) is 0 Å². The summed E-state index contributed by atoms with van der Waals surface area (Å²) in [4.78, 5) is 11.9. The van der Waals surface area contributed by atoms with E-state index in [4.69, 9.17) is 4.42 Å². The van der Waals surface area contributed by atoms with Crippen molar-refractivity contribution in [3.05, 3.63) is 23.7 Å². The summed E-state index contributed by atoms with van der Waals surface area (Å²) in [6.07, 6.45) is 3.58. The van der Waals surface area contributed by atoms with Crippen LogP contribution in [0.5, 0.6) is 0 Å². The molecule has 0 aliphatic rings. The number of furan rings is 1. The van der Waals surface area contributed by atoms with Crippen LogP contribution in [0.4, 0.5) is 0 Å². The lowest BCUT2D eigenvalue weighted by Gasteiger charge is -2.29. The highest BCUT2D eigenvalue weighted by molar-refractivity contribution is 9.09. The van der Waals surface area contributed by atoms with Gasteiger partial charge in [0.25, 0.3) is 5.91 Å². The van der Waals surface area contributed by atoms with Crippen LogP contribution < -0.4 is 5.32 Å². The largest absolute Gasteiger partial charge is 0.469 e. The molecule has 1 amide bonds. The first kappa shape index (κ1) is 14.3. The summed E-state index contributed by atoms with van der Waals surface area (Å²) in [6, 6.07) is 1.75. The van der Waals surface area contributed by atoms with Gasteiger partial charge in [-0.1, -0.05) is 29.8 Å². The second kappa shape index (κ2) is 6.24. The van der Waals surface area contributed by atoms with E-state index in [0.717, 1.165) is 23.9 Å². The molecule has 0 saturated carbocycles. The Morgan fingerprint density at radius 3 is 2.53 bits per heavy atom. The number of aryl methyl sites for hydroxylation is 1. The predicted molar refractivity (Wildman–Crippen MR) is 72.6 cm³/mol. The Labute approximate surface area is 111 Å². The minimum absolute atomic E-state index is 0.0610. The normalized spacial score (nSPS) is 11.5. The molecule has 17 heavy (non-hydrogen) atoms. The van der Waals surface area contributed by atoms with Crippen LogP contribution in [0.25, 0.3) is 0 Å². The van der Waals surface area contributed by atoms with E-state index in [0.29, 0.717) is 12.1 Å². The Morgan fingerprint density at radius 1 is 1.47 bits per heavy atom. The topological polar surface area (TPSA) is 42.2 Å². The van der Waals surface area contributed by atoms with Gasteiger partial charge >= 0.3 is 0 Å². The number of nitrogens with one attached hydrogen (secondary N) is 1. The van der Waals surface area contributed by atoms with Crippen molar-refractivity contribution < 1.29 is 9.21 Å². The molecule has 0 saturated heterocycles. The molecule has 0 aromatic carbocycles. The standard InChI is InChI=1S/C13H20BrNO2/c1-4-13(5-2,8-14)9-15-12(16)11-6-10(3)17-7-11/h6-7H,4-5,8-9H2,1-3H3,(H,15,16). The molecule has 1 aromatic heterocycles. The third-order valence-corrected chi connectivity index (χ3v) is 4.59. The first-order chi connectivity index (χ1) is 8.06. The molecule has 0 fully saturated rings. The molecular weight excluding hydrogens is 282 g/mol. The summed E-state index contributed by atoms with van der Waals surface area (Å²) >= 11 is 3.53. The summed E-state index contributed by atoms with van der Waals surface area (Å²) in [7, 11) is 0. The Morgan fingerprint density at radius 2 is 2.12 bits per heavy atom. The zero-order valence-corrected chi connectivity index (χ0v) is 12.3. The van der Waals surface area contributed by atoms with Gasteiger partial charge < -0.3 is 9.73 Å². The van der Waals surface area contributed by atoms with Crippen LogP contribution in [0, 0.1) is 12.3 Å². The van der Waals surface area contributed by atoms with Crippen LogP contribution in [-0.4, -0.2) is 17.8 Å². The summed E-state index contributed by atoms with van der Waals surface area (Å²) < 4.78 is 5.13. The van der Waals surface area contributed by atoms with E-state index in [9.17, 15) is 4.79 Å². The monoisotopic (exact) mass is 301 g/mol. The van der Waals surface area contributed by atoms with E-state index in [1.54, 1.807) is 6.07 Å². The maximum absolute atomic E-state index is 11.9. The Balaban J connectivity index is 2.58. The molecular formula is C13H20BrNO2. The average molecular weight is 302 g/mol. The molecule has 1 rings (SSSR count). The Kier molecular flexibility index (Phi) is 5.25. The van der Waals surface area contributed by atoms with Crippen molar-refractivity contribution in [3.63, 3.8) is 0 Å². The first-order valence-corrected chi connectivity index (χ1v) is 7.08. The van der Waals surface area contributed by atoms with Gasteiger partial charge in [0.1, 0.15) is 12.0 Å². The van der Waals surface area contributed by atoms with Crippen molar-refractivity contribution in [2.24, 2.45) is 5.41 Å². The number of hydrogen-bond acceptors (Lipinski definition) is 2. The minimum Gasteiger partial charge on any atom is -0.469 e. The molecule has 96 valence electrons. The summed E-state index contributed by atoms with van der Waals surface area (Å²) in [5.41, 5.74) is 0.743. The molecule has 4 heteroatoms. The number of amides is 1. The highest BCUT2D eigenvalue weighted by atomic mass is 79.9. The fraction of sp³-hybridized carbons (Fsp3) is 0.615. The van der Waals surface area contributed by atoms with Crippen LogP contribution in [-0.2, 0) is 0 Å². The lowest BCUT2D eigenvalue weighted by Crippen LogP contribution is -2.38. The number of alkyl halides is 1. The molecule has 0 unspecified atom stereocenters. The summed E-state index contributed by atoms with van der Waals surface area (Å²) in [5, 5.41) is 3.88. The maximum atomic E-state index is 11.9. The third kappa shape index (κ3) is 3.60. The number of carbonyl (C=O) groups is 1. The quantitative estimate of drug-likeness (QED) is 0.817. The summed E-state index contributed by atoms with van der Waals surface area (Å²) in [6.45, 7) is 6.82. The lowest BCUT2D eigenvalue weighted by molar-refractivity contribution is 0.0932. The molecule has 0 bridgehead atoms. The predicted octanol–water partition coefficient (Wildman–Crippen LogP) is 3.52. The molecule has 0 radical (unpaired) electrons. The molecule has 0 spiro atoms. The van der Waals surface area contributed by atoms with Crippen LogP contribution in [0.3, 0.4) is 0 Å². The van der Waals surface area contributed by atoms with Gasteiger partial charge in [0.2, 0.25) is 0 Å². The number of carbonyl (C=O) groups excluding carboxylic acids is 1. The first-order valence-electron chi connectivity index (χ1n) is 5.96. The molecule has 1 aromatic rings. The van der Waals surface area contributed by atoms with Gasteiger partial charge in [-0.2, -0.15) is 0 Å². The Hall–Kier alpha value is -0.770. The molecule has 0 aliphatic carbocycles. The minimum atomic E-state index is -0.0610. The van der Waals surface area contributed by atoms with Crippen LogP contribution in [0.2, 0.25) is 0 Å². The van der Waals surface area contributed by atoms with Gasteiger partial charge in [0, 0.05) is 11.9 Å². The SMILES string of the molecule is CCC(CC)(CBr)CNC(=O)c1coc(C)c1. The fourth-order valence-corrected chi connectivity index (χ4v) is 2.66. The molecule has 0 aliphatic heterocycles. The lowest BCUT2D eigenvalue weighted by atomic mass is 9.84. The number of hydrogen-bond donors (Lipinski definition) is 1. The smallest absolute Gasteiger partial charge is 0.254 e. The zero-order chi connectivity index (χ0) is 12.9. The number of halogens is 1. The van der Waals surface area contributed by atoms with Crippen molar-refractivity contribution in [2.45, 2.75) is 33.6 Å². The van der Waals surface area contributed by atoms with Crippen LogP contribution >= 0.6 is 15.9 Å². The van der Waals surface area contributed by atoms with E-state index in [1.807, 2.05) is 6.92 Å². The number of rotatable bonds is 6. The van der Waals surface area contributed by atoms with Crippen molar-refractivity contribution in [1.29, 1.82) is 0 Å². The van der Waals surface area contributed by atoms with Gasteiger partial charge in [0.15, 0.2) is 0 Å². The van der Waals surface area contributed by atoms with Gasteiger partial charge in [0.05, 0.1) is 5.56 Å².